The fourth-order valence-electron chi connectivity index (χ4n) is 3.61. The molecule has 32 heavy (non-hydrogen) atoms. The van der Waals surface area contributed by atoms with E-state index in [1.54, 1.807) is 11.3 Å². The van der Waals surface area contributed by atoms with E-state index in [9.17, 15) is 15.3 Å². The molecule has 0 aliphatic carbocycles. The summed E-state index contributed by atoms with van der Waals surface area (Å²) in [4.78, 5) is 1.26. The molecule has 0 aliphatic heterocycles. The van der Waals surface area contributed by atoms with Crippen molar-refractivity contribution in [3.63, 3.8) is 0 Å². The van der Waals surface area contributed by atoms with Gasteiger partial charge in [0.25, 0.3) is 0 Å². The van der Waals surface area contributed by atoms with Crippen LogP contribution < -0.4 is 5.32 Å². The van der Waals surface area contributed by atoms with Gasteiger partial charge < -0.3 is 20.6 Å². The molecule has 1 heterocycles. The van der Waals surface area contributed by atoms with E-state index in [0.717, 1.165) is 56.2 Å². The second-order valence-electron chi connectivity index (χ2n) is 8.18. The third-order valence-electron chi connectivity index (χ3n) is 6.03. The average Bonchev–Trinajstić information content (AvgIpc) is 3.29. The molecule has 2 aromatic rings. The fraction of sp³-hybridized carbons (Fsp3) is 0.481. The van der Waals surface area contributed by atoms with Crippen LogP contribution in [0.5, 0.6) is 0 Å². The first-order valence-corrected chi connectivity index (χ1v) is 12.6. The van der Waals surface area contributed by atoms with Crippen molar-refractivity contribution >= 4 is 21.9 Å². The molecule has 0 bridgehead atoms. The van der Waals surface area contributed by atoms with Gasteiger partial charge >= 0.3 is 0 Å². The molecule has 2 rings (SSSR count). The van der Waals surface area contributed by atoms with E-state index in [0.29, 0.717) is 0 Å². The third kappa shape index (κ3) is 7.89. The number of hydrogen-bond donors (Lipinski definition) is 4. The molecule has 0 aliphatic rings. The van der Waals surface area contributed by atoms with Crippen molar-refractivity contribution < 1.29 is 15.3 Å². The Bertz CT molecular complexity index is 881. The SMILES string of the molecule is CC/C(=C\C=C\C(O)(CC)CC)c1ccc(NCCCCc2ccc(CO)c(CO)c2)s1. The largest absolute Gasteiger partial charge is 0.392 e. The summed E-state index contributed by atoms with van der Waals surface area (Å²) >= 11 is 1.77. The van der Waals surface area contributed by atoms with Crippen molar-refractivity contribution in [3.8, 4) is 0 Å². The minimum Gasteiger partial charge on any atom is -0.392 e. The van der Waals surface area contributed by atoms with Crippen LogP contribution in [0.15, 0.2) is 48.6 Å². The number of aliphatic hydroxyl groups is 3. The maximum absolute atomic E-state index is 10.4. The quantitative estimate of drug-likeness (QED) is 0.205. The van der Waals surface area contributed by atoms with Crippen molar-refractivity contribution in [2.45, 2.75) is 78.1 Å². The second kappa shape index (κ2) is 13.6. The summed E-state index contributed by atoms with van der Waals surface area (Å²) < 4.78 is 0. The van der Waals surface area contributed by atoms with E-state index in [1.165, 1.54) is 21.0 Å². The second-order valence-corrected chi connectivity index (χ2v) is 9.27. The van der Waals surface area contributed by atoms with Crippen LogP contribution >= 0.6 is 11.3 Å². The van der Waals surface area contributed by atoms with Gasteiger partial charge in [0.15, 0.2) is 0 Å². The first kappa shape index (κ1) is 26.3. The molecule has 0 fully saturated rings. The summed E-state index contributed by atoms with van der Waals surface area (Å²) in [5.41, 5.74) is 3.39. The lowest BCUT2D eigenvalue weighted by atomic mass is 9.97. The Morgan fingerprint density at radius 1 is 1.00 bits per heavy atom. The lowest BCUT2D eigenvalue weighted by molar-refractivity contribution is 0.0828. The molecule has 1 aromatic heterocycles. The van der Waals surface area contributed by atoms with Gasteiger partial charge in [0.05, 0.1) is 23.8 Å². The van der Waals surface area contributed by atoms with Crippen molar-refractivity contribution in [2.75, 3.05) is 11.9 Å². The summed E-state index contributed by atoms with van der Waals surface area (Å²) in [5.74, 6) is 0. The molecule has 0 saturated carbocycles. The van der Waals surface area contributed by atoms with Crippen molar-refractivity contribution in [3.05, 3.63) is 70.1 Å². The highest BCUT2D eigenvalue weighted by molar-refractivity contribution is 7.17. The van der Waals surface area contributed by atoms with Gasteiger partial charge in [-0.15, -0.1) is 11.3 Å². The smallest absolute Gasteiger partial charge is 0.0888 e. The molecule has 4 N–H and O–H groups in total. The molecule has 0 saturated heterocycles. The van der Waals surface area contributed by atoms with E-state index in [2.05, 4.69) is 30.4 Å². The zero-order valence-corrected chi connectivity index (χ0v) is 20.5. The molecule has 0 spiro atoms. The highest BCUT2D eigenvalue weighted by Crippen LogP contribution is 2.30. The first-order chi connectivity index (χ1) is 15.5. The Morgan fingerprint density at radius 3 is 2.41 bits per heavy atom. The van der Waals surface area contributed by atoms with Crippen molar-refractivity contribution in [1.29, 1.82) is 0 Å². The number of benzene rings is 1. The number of rotatable bonds is 14. The summed E-state index contributed by atoms with van der Waals surface area (Å²) in [6.07, 6.45) is 11.5. The minimum absolute atomic E-state index is 0.0337. The normalized spacial score (nSPS) is 12.6. The van der Waals surface area contributed by atoms with E-state index in [1.807, 2.05) is 44.2 Å². The van der Waals surface area contributed by atoms with Gasteiger partial charge in [-0.1, -0.05) is 57.2 Å². The maximum Gasteiger partial charge on any atom is 0.0888 e. The molecular formula is C27H39NO3S. The molecule has 5 heteroatoms. The summed E-state index contributed by atoms with van der Waals surface area (Å²) in [7, 11) is 0. The molecule has 0 radical (unpaired) electrons. The van der Waals surface area contributed by atoms with Crippen LogP contribution in [0.1, 0.15) is 74.4 Å². The lowest BCUT2D eigenvalue weighted by Gasteiger charge is -2.19. The zero-order valence-electron chi connectivity index (χ0n) is 19.7. The van der Waals surface area contributed by atoms with E-state index in [-0.39, 0.29) is 13.2 Å². The Morgan fingerprint density at radius 2 is 1.75 bits per heavy atom. The highest BCUT2D eigenvalue weighted by atomic mass is 32.1. The standard InChI is InChI=1S/C27H39NO3S/c1-4-22(11-9-16-27(31,5-2)6-3)25-14-15-26(32-25)28-17-8-7-10-21-12-13-23(19-29)24(18-21)20-30/h9,11-16,18,28-31H,4-8,10,17,19-20H2,1-3H3/b16-9+,22-11+. The predicted octanol–water partition coefficient (Wildman–Crippen LogP) is 6.07. The molecule has 0 unspecified atom stereocenters. The van der Waals surface area contributed by atoms with Crippen LogP contribution in [0.4, 0.5) is 5.00 Å². The van der Waals surface area contributed by atoms with Crippen LogP contribution in [-0.4, -0.2) is 27.5 Å². The molecular weight excluding hydrogens is 418 g/mol. The van der Waals surface area contributed by atoms with Crippen molar-refractivity contribution in [1.82, 2.24) is 0 Å². The van der Waals surface area contributed by atoms with Crippen molar-refractivity contribution in [2.24, 2.45) is 0 Å². The van der Waals surface area contributed by atoms with Crippen LogP contribution in [0, 0.1) is 0 Å². The molecule has 0 atom stereocenters. The topological polar surface area (TPSA) is 72.7 Å². The number of aliphatic hydroxyl groups excluding tert-OH is 2. The van der Waals surface area contributed by atoms with Gasteiger partial charge in [-0.3, -0.25) is 0 Å². The van der Waals surface area contributed by atoms with E-state index < -0.39 is 5.60 Å². The number of nitrogens with one attached hydrogen (secondary N) is 1. The highest BCUT2D eigenvalue weighted by Gasteiger charge is 2.16. The van der Waals surface area contributed by atoms with Crippen LogP contribution in [0.25, 0.3) is 5.57 Å². The van der Waals surface area contributed by atoms with Gasteiger partial charge in [0.1, 0.15) is 0 Å². The number of hydrogen-bond acceptors (Lipinski definition) is 5. The van der Waals surface area contributed by atoms with Gasteiger partial charge in [-0.2, -0.15) is 0 Å². The average molecular weight is 458 g/mol. The molecule has 0 amide bonds. The Labute approximate surface area is 197 Å². The molecule has 176 valence electrons. The summed E-state index contributed by atoms with van der Waals surface area (Å²) in [6.45, 7) is 7.03. The van der Waals surface area contributed by atoms with Gasteiger partial charge in [0, 0.05) is 11.4 Å². The monoisotopic (exact) mass is 457 g/mol. The maximum atomic E-state index is 10.4. The molecule has 4 nitrogen and oxygen atoms in total. The van der Waals surface area contributed by atoms with Crippen LogP contribution in [0.3, 0.4) is 0 Å². The Kier molecular flexibility index (Phi) is 11.2. The summed E-state index contributed by atoms with van der Waals surface area (Å²) in [5, 5.41) is 33.9. The van der Waals surface area contributed by atoms with Gasteiger partial charge in [-0.25, -0.2) is 0 Å². The van der Waals surface area contributed by atoms with E-state index in [4.69, 9.17) is 0 Å². The van der Waals surface area contributed by atoms with Crippen LogP contribution in [-0.2, 0) is 19.6 Å². The number of thiophene rings is 1. The zero-order chi connectivity index (χ0) is 23.4. The Balaban J connectivity index is 1.83. The summed E-state index contributed by atoms with van der Waals surface area (Å²) in [6, 6.07) is 10.3. The molecule has 1 aromatic carbocycles. The third-order valence-corrected chi connectivity index (χ3v) is 7.15. The van der Waals surface area contributed by atoms with Gasteiger partial charge in [-0.05, 0) is 72.9 Å². The van der Waals surface area contributed by atoms with Crippen LogP contribution in [0.2, 0.25) is 0 Å². The minimum atomic E-state index is -0.710. The first-order valence-electron chi connectivity index (χ1n) is 11.8. The fourth-order valence-corrected chi connectivity index (χ4v) is 4.64. The predicted molar refractivity (Wildman–Crippen MR) is 137 cm³/mol. The number of allylic oxidation sites excluding steroid dienone is 3. The van der Waals surface area contributed by atoms with Gasteiger partial charge in [0.2, 0.25) is 0 Å². The Hall–Kier alpha value is -1.92. The number of aryl methyl sites for hydroxylation is 1. The van der Waals surface area contributed by atoms with E-state index >= 15 is 0 Å². The number of anilines is 1. The number of unbranched alkanes of at least 4 members (excludes halogenated alkanes) is 1. The lowest BCUT2D eigenvalue weighted by Crippen LogP contribution is -2.22.